The summed E-state index contributed by atoms with van der Waals surface area (Å²) in [6.07, 6.45) is -4.51. The van der Waals surface area contributed by atoms with Crippen molar-refractivity contribution in [3.63, 3.8) is 0 Å². The summed E-state index contributed by atoms with van der Waals surface area (Å²) in [5.74, 6) is -0.695. The highest BCUT2D eigenvalue weighted by Gasteiger charge is 2.30. The molecule has 25 heavy (non-hydrogen) atoms. The molecule has 2 rings (SSSR count). The lowest BCUT2D eigenvalue weighted by atomic mass is 10.2. The van der Waals surface area contributed by atoms with Gasteiger partial charge in [0.25, 0.3) is 0 Å². The van der Waals surface area contributed by atoms with Gasteiger partial charge in [0.05, 0.1) is 5.56 Å². The first-order valence-electron chi connectivity index (χ1n) is 7.57. The van der Waals surface area contributed by atoms with Gasteiger partial charge in [0.2, 0.25) is 11.8 Å². The van der Waals surface area contributed by atoms with E-state index in [4.69, 9.17) is 0 Å². The van der Waals surface area contributed by atoms with Gasteiger partial charge in [-0.15, -0.1) is 0 Å². The largest absolute Gasteiger partial charge is 0.416 e. The standard InChI is InChI=1S/C18H17F3N2O2/c1-13(24)23(16-8-3-2-4-9-16)11-10-17(25)22-15-7-5-6-14(12-15)18(19,20)21/h2-9,12H,10-11H2,1H3,(H,22,25). The molecule has 0 aromatic heterocycles. The molecule has 0 spiro atoms. The first-order chi connectivity index (χ1) is 11.8. The van der Waals surface area contributed by atoms with Crippen LogP contribution in [0.25, 0.3) is 0 Å². The van der Waals surface area contributed by atoms with Crippen molar-refractivity contribution in [2.24, 2.45) is 0 Å². The van der Waals surface area contributed by atoms with Crippen molar-refractivity contribution in [1.29, 1.82) is 0 Å². The summed E-state index contributed by atoms with van der Waals surface area (Å²) >= 11 is 0. The van der Waals surface area contributed by atoms with Crippen molar-refractivity contribution in [1.82, 2.24) is 0 Å². The van der Waals surface area contributed by atoms with Crippen LogP contribution >= 0.6 is 0 Å². The number of alkyl halides is 3. The van der Waals surface area contributed by atoms with E-state index in [1.165, 1.54) is 24.0 Å². The summed E-state index contributed by atoms with van der Waals surface area (Å²) in [7, 11) is 0. The van der Waals surface area contributed by atoms with E-state index in [0.29, 0.717) is 5.69 Å². The number of benzene rings is 2. The van der Waals surface area contributed by atoms with Crippen LogP contribution in [0, 0.1) is 0 Å². The number of rotatable bonds is 5. The Morgan fingerprint density at radius 2 is 1.72 bits per heavy atom. The van der Waals surface area contributed by atoms with E-state index in [2.05, 4.69) is 5.32 Å². The van der Waals surface area contributed by atoms with Crippen LogP contribution < -0.4 is 10.2 Å². The molecule has 0 aliphatic rings. The number of carbonyl (C=O) groups is 2. The summed E-state index contributed by atoms with van der Waals surface area (Å²) in [6.45, 7) is 1.52. The van der Waals surface area contributed by atoms with Crippen molar-refractivity contribution in [3.8, 4) is 0 Å². The lowest BCUT2D eigenvalue weighted by molar-refractivity contribution is -0.137. The van der Waals surface area contributed by atoms with Crippen LogP contribution in [0.1, 0.15) is 18.9 Å². The number of hydrogen-bond donors (Lipinski definition) is 1. The number of hydrogen-bond acceptors (Lipinski definition) is 2. The molecule has 0 unspecified atom stereocenters. The average Bonchev–Trinajstić information content (AvgIpc) is 2.55. The van der Waals surface area contributed by atoms with Crippen molar-refractivity contribution in [3.05, 3.63) is 60.2 Å². The second-order valence-corrected chi connectivity index (χ2v) is 5.38. The van der Waals surface area contributed by atoms with E-state index in [1.54, 1.807) is 24.3 Å². The molecule has 2 aromatic carbocycles. The van der Waals surface area contributed by atoms with Crippen molar-refractivity contribution in [2.45, 2.75) is 19.5 Å². The maximum absolute atomic E-state index is 12.7. The Bertz CT molecular complexity index is 745. The Labute approximate surface area is 143 Å². The van der Waals surface area contributed by atoms with E-state index in [-0.39, 0.29) is 24.6 Å². The topological polar surface area (TPSA) is 49.4 Å². The molecular formula is C18H17F3N2O2. The molecule has 0 fully saturated rings. The van der Waals surface area contributed by atoms with E-state index in [9.17, 15) is 22.8 Å². The normalized spacial score (nSPS) is 11.0. The number of carbonyl (C=O) groups excluding carboxylic acids is 2. The summed E-state index contributed by atoms with van der Waals surface area (Å²) in [5, 5.41) is 2.42. The Balaban J connectivity index is 1.99. The molecule has 0 aliphatic heterocycles. The van der Waals surface area contributed by atoms with Crippen LogP contribution in [0.4, 0.5) is 24.5 Å². The van der Waals surface area contributed by atoms with Crippen LogP contribution in [0.5, 0.6) is 0 Å². The fourth-order valence-corrected chi connectivity index (χ4v) is 2.29. The molecule has 132 valence electrons. The Morgan fingerprint density at radius 3 is 2.32 bits per heavy atom. The minimum atomic E-state index is -4.47. The van der Waals surface area contributed by atoms with Gasteiger partial charge in [-0.25, -0.2) is 0 Å². The monoisotopic (exact) mass is 350 g/mol. The van der Waals surface area contributed by atoms with Crippen LogP contribution in [-0.4, -0.2) is 18.4 Å². The quantitative estimate of drug-likeness (QED) is 0.883. The molecule has 0 bridgehead atoms. The Morgan fingerprint density at radius 1 is 1.04 bits per heavy atom. The smallest absolute Gasteiger partial charge is 0.326 e. The third kappa shape index (κ3) is 5.34. The molecule has 0 radical (unpaired) electrons. The average molecular weight is 350 g/mol. The fourth-order valence-electron chi connectivity index (χ4n) is 2.29. The maximum Gasteiger partial charge on any atom is 0.416 e. The Kier molecular flexibility index (Phi) is 5.80. The molecule has 7 heteroatoms. The van der Waals surface area contributed by atoms with Gasteiger partial charge in [-0.3, -0.25) is 9.59 Å². The molecule has 2 aromatic rings. The number of anilines is 2. The number of nitrogens with zero attached hydrogens (tertiary/aromatic N) is 1. The zero-order chi connectivity index (χ0) is 18.4. The van der Waals surface area contributed by atoms with Crippen molar-refractivity contribution >= 4 is 23.2 Å². The van der Waals surface area contributed by atoms with Gasteiger partial charge in [0.15, 0.2) is 0 Å². The summed E-state index contributed by atoms with van der Waals surface area (Å²) in [5.41, 5.74) is -0.115. The van der Waals surface area contributed by atoms with Crippen LogP contribution in [0.15, 0.2) is 54.6 Å². The van der Waals surface area contributed by atoms with Gasteiger partial charge in [-0.2, -0.15) is 13.2 Å². The molecular weight excluding hydrogens is 333 g/mol. The molecule has 1 N–H and O–H groups in total. The van der Waals surface area contributed by atoms with Gasteiger partial charge in [-0.05, 0) is 30.3 Å². The number of amides is 2. The van der Waals surface area contributed by atoms with Crippen molar-refractivity contribution < 1.29 is 22.8 Å². The minimum Gasteiger partial charge on any atom is -0.326 e. The fraction of sp³-hybridized carbons (Fsp3) is 0.222. The predicted octanol–water partition coefficient (Wildman–Crippen LogP) is 4.09. The van der Waals surface area contributed by atoms with Gasteiger partial charge in [0, 0.05) is 31.3 Å². The zero-order valence-corrected chi connectivity index (χ0v) is 13.5. The maximum atomic E-state index is 12.7. The highest BCUT2D eigenvalue weighted by molar-refractivity contribution is 5.94. The third-order valence-electron chi connectivity index (χ3n) is 3.48. The van der Waals surface area contributed by atoms with Gasteiger partial charge >= 0.3 is 6.18 Å². The third-order valence-corrected chi connectivity index (χ3v) is 3.48. The number of halogens is 3. The lowest BCUT2D eigenvalue weighted by Crippen LogP contribution is -2.31. The molecule has 2 amide bonds. The second kappa shape index (κ2) is 7.83. The first-order valence-corrected chi connectivity index (χ1v) is 7.57. The molecule has 0 atom stereocenters. The second-order valence-electron chi connectivity index (χ2n) is 5.38. The zero-order valence-electron chi connectivity index (χ0n) is 13.5. The SMILES string of the molecule is CC(=O)N(CCC(=O)Nc1cccc(C(F)(F)F)c1)c1ccccc1. The van der Waals surface area contributed by atoms with E-state index in [0.717, 1.165) is 12.1 Å². The molecule has 0 aliphatic carbocycles. The van der Waals surface area contributed by atoms with Crippen molar-refractivity contribution in [2.75, 3.05) is 16.8 Å². The van der Waals surface area contributed by atoms with E-state index < -0.39 is 17.6 Å². The summed E-state index contributed by atoms with van der Waals surface area (Å²) in [6, 6.07) is 13.3. The molecule has 0 heterocycles. The van der Waals surface area contributed by atoms with Crippen LogP contribution in [0.2, 0.25) is 0 Å². The number of nitrogens with one attached hydrogen (secondary N) is 1. The molecule has 0 saturated carbocycles. The summed E-state index contributed by atoms with van der Waals surface area (Å²) in [4.78, 5) is 25.2. The minimum absolute atomic E-state index is 0.0370. The van der Waals surface area contributed by atoms with Gasteiger partial charge < -0.3 is 10.2 Å². The van der Waals surface area contributed by atoms with Crippen LogP contribution in [0.3, 0.4) is 0 Å². The van der Waals surface area contributed by atoms with Gasteiger partial charge in [-0.1, -0.05) is 24.3 Å². The Hall–Kier alpha value is -2.83. The first kappa shape index (κ1) is 18.5. The van der Waals surface area contributed by atoms with E-state index >= 15 is 0 Å². The molecule has 0 saturated heterocycles. The van der Waals surface area contributed by atoms with Gasteiger partial charge in [0.1, 0.15) is 0 Å². The highest BCUT2D eigenvalue weighted by atomic mass is 19.4. The predicted molar refractivity (Wildman–Crippen MR) is 89.2 cm³/mol. The summed E-state index contributed by atoms with van der Waals surface area (Å²) < 4.78 is 38.0. The van der Waals surface area contributed by atoms with Crippen LogP contribution in [-0.2, 0) is 15.8 Å². The number of para-hydroxylation sites is 1. The lowest BCUT2D eigenvalue weighted by Gasteiger charge is -2.21. The van der Waals surface area contributed by atoms with E-state index in [1.807, 2.05) is 6.07 Å². The molecule has 4 nitrogen and oxygen atoms in total. The highest BCUT2D eigenvalue weighted by Crippen LogP contribution is 2.30.